The molecular formula is C14H18F3NO2. The molecule has 1 aromatic rings. The number of β-amino-alcohol motifs (C(OH)–C–C–N with tert-alkyl or cyclic N) is 1. The molecule has 6 heteroatoms. The molecule has 0 spiro atoms. The molecule has 0 saturated carbocycles. The molecule has 1 heterocycles. The molecule has 1 aromatic carbocycles. The summed E-state index contributed by atoms with van der Waals surface area (Å²) < 4.78 is 40.0. The molecule has 1 aliphatic rings. The second kappa shape index (κ2) is 5.61. The summed E-state index contributed by atoms with van der Waals surface area (Å²) >= 11 is 0. The van der Waals surface area contributed by atoms with Crippen molar-refractivity contribution in [3.8, 4) is 5.75 Å². The highest BCUT2D eigenvalue weighted by Crippen LogP contribution is 2.25. The summed E-state index contributed by atoms with van der Waals surface area (Å²) in [7, 11) is 0. The molecule has 0 aromatic heterocycles. The topological polar surface area (TPSA) is 32.7 Å². The molecule has 2 rings (SSSR count). The lowest BCUT2D eigenvalue weighted by Gasteiger charge is -2.36. The number of hydrogen-bond acceptors (Lipinski definition) is 3. The smallest absolute Gasteiger partial charge is 0.406 e. The van der Waals surface area contributed by atoms with Crippen molar-refractivity contribution >= 4 is 0 Å². The third kappa shape index (κ3) is 4.68. The number of rotatable bonds is 3. The van der Waals surface area contributed by atoms with E-state index in [0.29, 0.717) is 13.1 Å². The predicted molar refractivity (Wildman–Crippen MR) is 68.3 cm³/mol. The van der Waals surface area contributed by atoms with Gasteiger partial charge in [0.05, 0.1) is 5.60 Å². The number of likely N-dealkylation sites (tertiary alicyclic amines) is 1. The Balaban J connectivity index is 1.94. The van der Waals surface area contributed by atoms with Crippen LogP contribution in [0.4, 0.5) is 13.2 Å². The first-order valence-electron chi connectivity index (χ1n) is 6.53. The summed E-state index contributed by atoms with van der Waals surface area (Å²) in [6, 6.07) is 5.85. The predicted octanol–water partition coefficient (Wildman–Crippen LogP) is 2.93. The lowest BCUT2D eigenvalue weighted by atomic mass is 9.95. The Labute approximate surface area is 116 Å². The number of aliphatic hydroxyl groups is 1. The first kappa shape index (κ1) is 15.1. The standard InChI is InChI=1S/C14H18F3NO2/c1-13(19)7-2-8-18(10-13)9-11-3-5-12(6-4-11)20-14(15,16)17/h3-6,19H,2,7-10H2,1H3. The third-order valence-corrected chi connectivity index (χ3v) is 3.32. The van der Waals surface area contributed by atoms with E-state index in [1.54, 1.807) is 19.1 Å². The SMILES string of the molecule is CC1(O)CCCN(Cc2ccc(OC(F)(F)F)cc2)C1. The average molecular weight is 289 g/mol. The number of alkyl halides is 3. The monoisotopic (exact) mass is 289 g/mol. The van der Waals surface area contributed by atoms with Crippen molar-refractivity contribution in [2.24, 2.45) is 0 Å². The summed E-state index contributed by atoms with van der Waals surface area (Å²) in [4.78, 5) is 2.10. The zero-order valence-corrected chi connectivity index (χ0v) is 11.3. The van der Waals surface area contributed by atoms with Gasteiger partial charge in [0.1, 0.15) is 5.75 Å². The van der Waals surface area contributed by atoms with E-state index in [0.717, 1.165) is 24.9 Å². The van der Waals surface area contributed by atoms with Crippen LogP contribution in [0.3, 0.4) is 0 Å². The number of hydrogen-bond donors (Lipinski definition) is 1. The Morgan fingerprint density at radius 3 is 2.50 bits per heavy atom. The summed E-state index contributed by atoms with van der Waals surface area (Å²) in [6.45, 7) is 3.88. The maximum Gasteiger partial charge on any atom is 0.573 e. The lowest BCUT2D eigenvalue weighted by molar-refractivity contribution is -0.274. The van der Waals surface area contributed by atoms with Crippen LogP contribution < -0.4 is 4.74 Å². The van der Waals surface area contributed by atoms with Crippen molar-refractivity contribution in [3.05, 3.63) is 29.8 Å². The molecule has 0 aliphatic carbocycles. The van der Waals surface area contributed by atoms with Crippen LogP contribution in [0.5, 0.6) is 5.75 Å². The van der Waals surface area contributed by atoms with E-state index in [1.807, 2.05) is 0 Å². The van der Waals surface area contributed by atoms with E-state index in [-0.39, 0.29) is 5.75 Å². The van der Waals surface area contributed by atoms with Crippen molar-refractivity contribution in [2.45, 2.75) is 38.3 Å². The van der Waals surface area contributed by atoms with Crippen LogP contribution in [0.2, 0.25) is 0 Å². The summed E-state index contributed by atoms with van der Waals surface area (Å²) in [5, 5.41) is 10.0. The zero-order valence-electron chi connectivity index (χ0n) is 11.3. The van der Waals surface area contributed by atoms with Gasteiger partial charge < -0.3 is 9.84 Å². The maximum atomic E-state index is 12.0. The van der Waals surface area contributed by atoms with E-state index >= 15 is 0 Å². The van der Waals surface area contributed by atoms with Crippen LogP contribution >= 0.6 is 0 Å². The van der Waals surface area contributed by atoms with Crippen molar-refractivity contribution in [2.75, 3.05) is 13.1 Å². The quantitative estimate of drug-likeness (QED) is 0.928. The molecule has 0 radical (unpaired) electrons. The largest absolute Gasteiger partial charge is 0.573 e. The van der Waals surface area contributed by atoms with E-state index in [1.165, 1.54) is 12.1 Å². The van der Waals surface area contributed by atoms with E-state index in [4.69, 9.17) is 0 Å². The molecular weight excluding hydrogens is 271 g/mol. The highest BCUT2D eigenvalue weighted by molar-refractivity contribution is 5.27. The van der Waals surface area contributed by atoms with Crippen LogP contribution in [-0.4, -0.2) is 35.1 Å². The number of benzene rings is 1. The zero-order chi connectivity index (χ0) is 14.8. The van der Waals surface area contributed by atoms with Gasteiger partial charge in [0.15, 0.2) is 0 Å². The van der Waals surface area contributed by atoms with Gasteiger partial charge in [-0.25, -0.2) is 0 Å². The molecule has 0 amide bonds. The van der Waals surface area contributed by atoms with Crippen LogP contribution in [0.25, 0.3) is 0 Å². The first-order chi connectivity index (χ1) is 9.23. The molecule has 20 heavy (non-hydrogen) atoms. The Bertz CT molecular complexity index is 443. The summed E-state index contributed by atoms with van der Waals surface area (Å²) in [6.07, 6.45) is -2.96. The van der Waals surface area contributed by atoms with Crippen molar-refractivity contribution in [1.82, 2.24) is 4.90 Å². The number of nitrogens with zero attached hydrogens (tertiary/aromatic N) is 1. The fourth-order valence-corrected chi connectivity index (χ4v) is 2.51. The van der Waals surface area contributed by atoms with Crippen molar-refractivity contribution in [1.29, 1.82) is 0 Å². The highest BCUT2D eigenvalue weighted by atomic mass is 19.4. The lowest BCUT2D eigenvalue weighted by Crippen LogP contribution is -2.45. The number of halogens is 3. The number of piperidine rings is 1. The van der Waals surface area contributed by atoms with E-state index < -0.39 is 12.0 Å². The Kier molecular flexibility index (Phi) is 4.25. The second-order valence-electron chi connectivity index (χ2n) is 5.50. The Morgan fingerprint density at radius 2 is 1.95 bits per heavy atom. The van der Waals surface area contributed by atoms with E-state index in [9.17, 15) is 18.3 Å². The van der Waals surface area contributed by atoms with Crippen LogP contribution in [0.15, 0.2) is 24.3 Å². The van der Waals surface area contributed by atoms with Gasteiger partial charge in [-0.15, -0.1) is 13.2 Å². The normalized spacial score (nSPS) is 24.6. The molecule has 1 unspecified atom stereocenters. The fraction of sp³-hybridized carbons (Fsp3) is 0.571. The van der Waals surface area contributed by atoms with Gasteiger partial charge in [0, 0.05) is 13.1 Å². The molecule has 1 N–H and O–H groups in total. The maximum absolute atomic E-state index is 12.0. The summed E-state index contributed by atoms with van der Waals surface area (Å²) in [5.74, 6) is -0.216. The molecule has 3 nitrogen and oxygen atoms in total. The van der Waals surface area contributed by atoms with Gasteiger partial charge in [-0.2, -0.15) is 0 Å². The van der Waals surface area contributed by atoms with Crippen molar-refractivity contribution < 1.29 is 23.0 Å². The van der Waals surface area contributed by atoms with Gasteiger partial charge >= 0.3 is 6.36 Å². The first-order valence-corrected chi connectivity index (χ1v) is 6.53. The molecule has 0 bridgehead atoms. The Hall–Kier alpha value is -1.27. The third-order valence-electron chi connectivity index (χ3n) is 3.32. The fourth-order valence-electron chi connectivity index (χ4n) is 2.51. The van der Waals surface area contributed by atoms with Gasteiger partial charge in [-0.05, 0) is 44.0 Å². The van der Waals surface area contributed by atoms with Crippen LogP contribution in [0, 0.1) is 0 Å². The van der Waals surface area contributed by atoms with Gasteiger partial charge in [0.25, 0.3) is 0 Å². The Morgan fingerprint density at radius 1 is 1.30 bits per heavy atom. The molecule has 1 saturated heterocycles. The molecule has 1 atom stereocenters. The van der Waals surface area contributed by atoms with E-state index in [2.05, 4.69) is 9.64 Å². The second-order valence-corrected chi connectivity index (χ2v) is 5.50. The average Bonchev–Trinajstić information content (AvgIpc) is 2.28. The minimum absolute atomic E-state index is 0.216. The van der Waals surface area contributed by atoms with Crippen LogP contribution in [-0.2, 0) is 6.54 Å². The molecule has 1 aliphatic heterocycles. The minimum Gasteiger partial charge on any atom is -0.406 e. The van der Waals surface area contributed by atoms with Gasteiger partial charge in [0.2, 0.25) is 0 Å². The summed E-state index contributed by atoms with van der Waals surface area (Å²) in [5.41, 5.74) is 0.217. The highest BCUT2D eigenvalue weighted by Gasteiger charge is 2.31. The molecule has 1 fully saturated rings. The number of ether oxygens (including phenoxy) is 1. The van der Waals surface area contributed by atoms with Crippen molar-refractivity contribution in [3.63, 3.8) is 0 Å². The minimum atomic E-state index is -4.66. The van der Waals surface area contributed by atoms with Crippen LogP contribution in [0.1, 0.15) is 25.3 Å². The molecule has 112 valence electrons. The van der Waals surface area contributed by atoms with Gasteiger partial charge in [-0.1, -0.05) is 12.1 Å². The van der Waals surface area contributed by atoms with Gasteiger partial charge in [-0.3, -0.25) is 4.90 Å².